The smallest absolute Gasteiger partial charge is 0.161 e. The van der Waals surface area contributed by atoms with E-state index in [1.54, 1.807) is 0 Å². The molecule has 0 saturated carbocycles. The number of hydrogen-bond donors (Lipinski definition) is 1. The van der Waals surface area contributed by atoms with Gasteiger partial charge in [0.25, 0.3) is 0 Å². The predicted octanol–water partition coefficient (Wildman–Crippen LogP) is 1.64. The fourth-order valence-electron chi connectivity index (χ4n) is 3.37. The molecule has 0 aliphatic carbocycles. The van der Waals surface area contributed by atoms with Crippen molar-refractivity contribution in [1.29, 1.82) is 0 Å². The lowest BCUT2D eigenvalue weighted by molar-refractivity contribution is 0.171. The average Bonchev–Trinajstić information content (AvgIpc) is 2.92. The third-order valence-electron chi connectivity index (χ3n) is 4.84. The summed E-state index contributed by atoms with van der Waals surface area (Å²) >= 11 is 0. The summed E-state index contributed by atoms with van der Waals surface area (Å²) in [6, 6.07) is 1.52. The van der Waals surface area contributed by atoms with E-state index in [1.807, 2.05) is 19.0 Å². The van der Waals surface area contributed by atoms with Gasteiger partial charge in [-0.25, -0.2) is 13.2 Å². The van der Waals surface area contributed by atoms with E-state index in [2.05, 4.69) is 16.8 Å². The maximum Gasteiger partial charge on any atom is 0.161 e. The first-order valence-corrected chi connectivity index (χ1v) is 8.60. The molecule has 2 atom stereocenters. The molecule has 142 valence electrons. The lowest BCUT2D eigenvalue weighted by atomic mass is 9.96. The van der Waals surface area contributed by atoms with Gasteiger partial charge >= 0.3 is 0 Å². The normalized spacial score (nSPS) is 21.6. The van der Waals surface area contributed by atoms with Crippen LogP contribution in [0.4, 0.5) is 13.2 Å². The molecule has 0 unspecified atom stereocenters. The summed E-state index contributed by atoms with van der Waals surface area (Å²) in [4.78, 5) is 6.35. The maximum absolute atomic E-state index is 13.9. The molecule has 1 fully saturated rings. The van der Waals surface area contributed by atoms with Crippen LogP contribution in [-0.2, 0) is 6.54 Å². The third kappa shape index (κ3) is 5.67. The minimum absolute atomic E-state index is 0.0724. The zero-order chi connectivity index (χ0) is 18.6. The van der Waals surface area contributed by atoms with Gasteiger partial charge in [-0.3, -0.25) is 4.90 Å². The molecule has 7 heteroatoms. The Morgan fingerprint density at radius 3 is 2.28 bits per heavy atom. The van der Waals surface area contributed by atoms with E-state index in [1.165, 1.54) is 0 Å². The van der Waals surface area contributed by atoms with Crippen molar-refractivity contribution >= 4 is 0 Å². The summed E-state index contributed by atoms with van der Waals surface area (Å²) < 4.78 is 40.3. The molecule has 1 aromatic rings. The number of halogens is 3. The molecule has 0 aromatic heterocycles. The minimum Gasteiger partial charge on any atom is -0.396 e. The molecule has 1 N–H and O–H groups in total. The van der Waals surface area contributed by atoms with Gasteiger partial charge in [-0.2, -0.15) is 0 Å². The van der Waals surface area contributed by atoms with Gasteiger partial charge in [0.05, 0.1) is 0 Å². The highest BCUT2D eigenvalue weighted by atomic mass is 19.2. The van der Waals surface area contributed by atoms with Crippen LogP contribution in [-0.4, -0.2) is 80.3 Å². The standard InChI is InChI=1S/C18H28F3N3O/c1-22(2)4-5-23(3)8-14-10-24(11-15(14)12-25)9-13-6-17(20)18(21)7-16(13)19/h6-7,14-15,25H,4-5,8-12H2,1-3H3/t14-,15-/m1/s1. The Kier molecular flexibility index (Phi) is 7.25. The van der Waals surface area contributed by atoms with Crippen LogP contribution in [0.1, 0.15) is 5.56 Å². The summed E-state index contributed by atoms with van der Waals surface area (Å²) in [6.07, 6.45) is 0. The predicted molar refractivity (Wildman–Crippen MR) is 91.7 cm³/mol. The molecule has 4 nitrogen and oxygen atoms in total. The number of nitrogens with zero attached hydrogens (tertiary/aromatic N) is 3. The molecular weight excluding hydrogens is 331 g/mol. The molecule has 1 aliphatic heterocycles. The molecule has 1 aliphatic rings. The Balaban J connectivity index is 1.95. The van der Waals surface area contributed by atoms with Crippen LogP contribution in [0.25, 0.3) is 0 Å². The number of likely N-dealkylation sites (tertiary alicyclic amines) is 1. The SMILES string of the molecule is CN(C)CCN(C)C[C@@H]1CN(Cc2cc(F)c(F)cc2F)C[C@@H]1CO. The second-order valence-electron chi connectivity index (χ2n) is 7.32. The lowest BCUT2D eigenvalue weighted by Gasteiger charge is -2.25. The van der Waals surface area contributed by atoms with Gasteiger partial charge in [0, 0.05) is 57.5 Å². The minimum atomic E-state index is -1.17. The lowest BCUT2D eigenvalue weighted by Crippen LogP contribution is -2.35. The van der Waals surface area contributed by atoms with Gasteiger partial charge in [-0.05, 0) is 39.0 Å². The number of benzene rings is 1. The zero-order valence-corrected chi connectivity index (χ0v) is 15.2. The number of aliphatic hydroxyl groups excluding tert-OH is 1. The van der Waals surface area contributed by atoms with Crippen LogP contribution in [0, 0.1) is 29.3 Å². The van der Waals surface area contributed by atoms with E-state index in [4.69, 9.17) is 0 Å². The molecule has 1 saturated heterocycles. The zero-order valence-electron chi connectivity index (χ0n) is 15.2. The van der Waals surface area contributed by atoms with E-state index in [-0.39, 0.29) is 30.6 Å². The van der Waals surface area contributed by atoms with E-state index in [0.29, 0.717) is 19.2 Å². The second kappa shape index (κ2) is 8.98. The van der Waals surface area contributed by atoms with E-state index in [9.17, 15) is 18.3 Å². The van der Waals surface area contributed by atoms with Crippen molar-refractivity contribution in [3.8, 4) is 0 Å². The van der Waals surface area contributed by atoms with Gasteiger partial charge in [0.15, 0.2) is 11.6 Å². The number of hydrogen-bond acceptors (Lipinski definition) is 4. The van der Waals surface area contributed by atoms with Crippen molar-refractivity contribution in [2.75, 3.05) is 60.5 Å². The van der Waals surface area contributed by atoms with Crippen LogP contribution >= 0.6 is 0 Å². The van der Waals surface area contributed by atoms with Crippen LogP contribution in [0.5, 0.6) is 0 Å². The second-order valence-corrected chi connectivity index (χ2v) is 7.32. The Bertz CT molecular complexity index is 571. The Morgan fingerprint density at radius 2 is 1.64 bits per heavy atom. The first kappa shape index (κ1) is 20.2. The maximum atomic E-state index is 13.9. The molecule has 0 radical (unpaired) electrons. The summed E-state index contributed by atoms with van der Waals surface area (Å²) in [5, 5.41) is 9.65. The quantitative estimate of drug-likeness (QED) is 0.715. The van der Waals surface area contributed by atoms with E-state index >= 15 is 0 Å². The van der Waals surface area contributed by atoms with Gasteiger partial charge in [-0.1, -0.05) is 0 Å². The Labute approximate surface area is 147 Å². The van der Waals surface area contributed by atoms with Gasteiger partial charge < -0.3 is 14.9 Å². The van der Waals surface area contributed by atoms with Crippen LogP contribution in [0.15, 0.2) is 12.1 Å². The number of likely N-dealkylation sites (N-methyl/N-ethyl adjacent to an activating group) is 2. The first-order valence-electron chi connectivity index (χ1n) is 8.60. The molecule has 25 heavy (non-hydrogen) atoms. The van der Waals surface area contributed by atoms with Crippen molar-refractivity contribution in [2.24, 2.45) is 11.8 Å². The summed E-state index contributed by atoms with van der Waals surface area (Å²) in [5.74, 6) is -2.56. The summed E-state index contributed by atoms with van der Waals surface area (Å²) in [7, 11) is 6.10. The highest BCUT2D eigenvalue weighted by Crippen LogP contribution is 2.26. The number of rotatable bonds is 8. The molecule has 0 spiro atoms. The summed E-state index contributed by atoms with van der Waals surface area (Å²) in [6.45, 7) is 4.35. The molecular formula is C18H28F3N3O. The number of aliphatic hydroxyl groups is 1. The van der Waals surface area contributed by atoms with Crippen LogP contribution in [0.3, 0.4) is 0 Å². The van der Waals surface area contributed by atoms with Crippen molar-refractivity contribution in [3.05, 3.63) is 35.1 Å². The van der Waals surface area contributed by atoms with E-state index in [0.717, 1.165) is 25.7 Å². The Morgan fingerprint density at radius 1 is 1.00 bits per heavy atom. The van der Waals surface area contributed by atoms with Gasteiger partial charge in [-0.15, -0.1) is 0 Å². The average molecular weight is 359 g/mol. The van der Waals surface area contributed by atoms with Gasteiger partial charge in [0.1, 0.15) is 5.82 Å². The van der Waals surface area contributed by atoms with Crippen molar-refractivity contribution in [2.45, 2.75) is 6.54 Å². The molecule has 1 aromatic carbocycles. The van der Waals surface area contributed by atoms with Crippen molar-refractivity contribution < 1.29 is 18.3 Å². The van der Waals surface area contributed by atoms with Crippen LogP contribution < -0.4 is 0 Å². The summed E-state index contributed by atoms with van der Waals surface area (Å²) in [5.41, 5.74) is 0.150. The van der Waals surface area contributed by atoms with E-state index < -0.39 is 17.5 Å². The molecule has 2 rings (SSSR count). The highest BCUT2D eigenvalue weighted by molar-refractivity contribution is 5.20. The van der Waals surface area contributed by atoms with Gasteiger partial charge in [0.2, 0.25) is 0 Å². The monoisotopic (exact) mass is 359 g/mol. The first-order chi connectivity index (χ1) is 11.8. The third-order valence-corrected chi connectivity index (χ3v) is 4.84. The van der Waals surface area contributed by atoms with Crippen molar-refractivity contribution in [3.63, 3.8) is 0 Å². The largest absolute Gasteiger partial charge is 0.396 e. The fraction of sp³-hybridized carbons (Fsp3) is 0.667. The molecule has 0 amide bonds. The topological polar surface area (TPSA) is 30.0 Å². The Hall–Kier alpha value is -1.15. The highest BCUT2D eigenvalue weighted by Gasteiger charge is 2.33. The molecule has 0 bridgehead atoms. The fourth-order valence-corrected chi connectivity index (χ4v) is 3.37. The van der Waals surface area contributed by atoms with Crippen LogP contribution in [0.2, 0.25) is 0 Å². The molecule has 1 heterocycles. The van der Waals surface area contributed by atoms with Crippen molar-refractivity contribution in [1.82, 2.24) is 14.7 Å².